The number of halogens is 2. The Bertz CT molecular complexity index is 556. The lowest BCUT2D eigenvalue weighted by Gasteiger charge is -2.14. The van der Waals surface area contributed by atoms with E-state index in [4.69, 9.17) is 16.3 Å². The lowest BCUT2D eigenvalue weighted by Crippen LogP contribution is -2.15. The van der Waals surface area contributed by atoms with Crippen molar-refractivity contribution >= 4 is 22.6 Å². The predicted molar refractivity (Wildman–Crippen MR) is 75.2 cm³/mol. The number of alkyl halides is 1. The van der Waals surface area contributed by atoms with Crippen molar-refractivity contribution in [1.29, 1.82) is 0 Å². The fourth-order valence-electron chi connectivity index (χ4n) is 2.27. The molecule has 0 fully saturated rings. The molecule has 0 amide bonds. The molecule has 1 aromatic carbocycles. The SMILES string of the molecule is COCC(C)Cn1c(CCCl)nc2ccc(F)cc21. The number of fused-ring (bicyclic) bond motifs is 1. The minimum atomic E-state index is -0.245. The van der Waals surface area contributed by atoms with Gasteiger partial charge >= 0.3 is 0 Å². The molecular formula is C14H18ClFN2O. The third-order valence-corrected chi connectivity index (χ3v) is 3.24. The number of aromatic nitrogens is 2. The van der Waals surface area contributed by atoms with Gasteiger partial charge in [0.25, 0.3) is 0 Å². The molecule has 0 radical (unpaired) electrons. The number of methoxy groups -OCH3 is 1. The highest BCUT2D eigenvalue weighted by molar-refractivity contribution is 6.17. The molecule has 1 atom stereocenters. The highest BCUT2D eigenvalue weighted by Gasteiger charge is 2.13. The molecule has 3 nitrogen and oxygen atoms in total. The van der Waals surface area contributed by atoms with Crippen molar-refractivity contribution in [3.63, 3.8) is 0 Å². The molecule has 0 aliphatic rings. The predicted octanol–water partition coefficient (Wildman–Crippen LogP) is 3.24. The van der Waals surface area contributed by atoms with Gasteiger partial charge in [-0.15, -0.1) is 11.6 Å². The largest absolute Gasteiger partial charge is 0.384 e. The summed E-state index contributed by atoms with van der Waals surface area (Å²) in [6.07, 6.45) is 0.678. The summed E-state index contributed by atoms with van der Waals surface area (Å²) in [6.45, 7) is 3.51. The van der Waals surface area contributed by atoms with E-state index in [2.05, 4.69) is 11.9 Å². The van der Waals surface area contributed by atoms with Gasteiger partial charge in [0.15, 0.2) is 0 Å². The summed E-state index contributed by atoms with van der Waals surface area (Å²) in [4.78, 5) is 4.53. The van der Waals surface area contributed by atoms with Crippen LogP contribution in [0.25, 0.3) is 11.0 Å². The Hall–Kier alpha value is -1.13. The molecule has 5 heteroatoms. The van der Waals surface area contributed by atoms with Gasteiger partial charge in [0, 0.05) is 26.0 Å². The molecule has 0 saturated heterocycles. The second kappa shape index (κ2) is 6.35. The first-order valence-electron chi connectivity index (χ1n) is 6.35. The summed E-state index contributed by atoms with van der Waals surface area (Å²) in [5.41, 5.74) is 1.63. The molecule has 2 rings (SSSR count). The Kier molecular flexibility index (Phi) is 4.77. The number of hydrogen-bond donors (Lipinski definition) is 0. The molecule has 1 unspecified atom stereocenters. The van der Waals surface area contributed by atoms with Gasteiger partial charge in [0.05, 0.1) is 17.6 Å². The fraction of sp³-hybridized carbons (Fsp3) is 0.500. The first-order valence-corrected chi connectivity index (χ1v) is 6.88. The summed E-state index contributed by atoms with van der Waals surface area (Å²) in [7, 11) is 1.68. The van der Waals surface area contributed by atoms with Crippen LogP contribution in [0.3, 0.4) is 0 Å². The number of rotatable bonds is 6. The average molecular weight is 285 g/mol. The van der Waals surface area contributed by atoms with E-state index < -0.39 is 0 Å². The molecule has 104 valence electrons. The molecule has 0 spiro atoms. The van der Waals surface area contributed by atoms with Crippen LogP contribution in [0.15, 0.2) is 18.2 Å². The Morgan fingerprint density at radius 3 is 2.95 bits per heavy atom. The summed E-state index contributed by atoms with van der Waals surface area (Å²) in [6, 6.07) is 4.67. The number of imidazole rings is 1. The number of aryl methyl sites for hydroxylation is 1. The maximum atomic E-state index is 13.4. The van der Waals surface area contributed by atoms with Crippen molar-refractivity contribution in [3.8, 4) is 0 Å². The quantitative estimate of drug-likeness (QED) is 0.762. The van der Waals surface area contributed by atoms with E-state index in [9.17, 15) is 4.39 Å². The van der Waals surface area contributed by atoms with Crippen LogP contribution in [0.4, 0.5) is 4.39 Å². The van der Waals surface area contributed by atoms with E-state index in [0.29, 0.717) is 24.8 Å². The van der Waals surface area contributed by atoms with Crippen LogP contribution >= 0.6 is 11.6 Å². The van der Waals surface area contributed by atoms with E-state index in [1.807, 2.05) is 4.57 Å². The van der Waals surface area contributed by atoms with Crippen molar-refractivity contribution in [1.82, 2.24) is 9.55 Å². The van der Waals surface area contributed by atoms with Crippen LogP contribution in [-0.2, 0) is 17.7 Å². The van der Waals surface area contributed by atoms with Gasteiger partial charge in [0.1, 0.15) is 11.6 Å². The van der Waals surface area contributed by atoms with Crippen molar-refractivity contribution in [3.05, 3.63) is 29.8 Å². The second-order valence-corrected chi connectivity index (χ2v) is 5.15. The third-order valence-electron chi connectivity index (χ3n) is 3.05. The highest BCUT2D eigenvalue weighted by atomic mass is 35.5. The zero-order valence-corrected chi connectivity index (χ0v) is 12.0. The monoisotopic (exact) mass is 284 g/mol. The van der Waals surface area contributed by atoms with E-state index in [0.717, 1.165) is 23.4 Å². The first kappa shape index (κ1) is 14.3. The van der Waals surface area contributed by atoms with Crippen LogP contribution < -0.4 is 0 Å². The maximum Gasteiger partial charge on any atom is 0.125 e. The smallest absolute Gasteiger partial charge is 0.125 e. The minimum absolute atomic E-state index is 0.245. The maximum absolute atomic E-state index is 13.4. The molecular weight excluding hydrogens is 267 g/mol. The number of nitrogens with zero attached hydrogens (tertiary/aromatic N) is 2. The van der Waals surface area contributed by atoms with Crippen molar-refractivity contribution in [2.45, 2.75) is 19.9 Å². The summed E-state index contributed by atoms with van der Waals surface area (Å²) >= 11 is 5.81. The van der Waals surface area contributed by atoms with Crippen molar-refractivity contribution in [2.75, 3.05) is 19.6 Å². The van der Waals surface area contributed by atoms with Gasteiger partial charge in [-0.25, -0.2) is 9.37 Å². The zero-order valence-electron chi connectivity index (χ0n) is 11.2. The van der Waals surface area contributed by atoms with Gasteiger partial charge < -0.3 is 9.30 Å². The lowest BCUT2D eigenvalue weighted by molar-refractivity contribution is 0.151. The fourth-order valence-corrected chi connectivity index (χ4v) is 2.44. The minimum Gasteiger partial charge on any atom is -0.384 e. The Labute approximate surface area is 117 Å². The zero-order chi connectivity index (χ0) is 13.8. The molecule has 0 bridgehead atoms. The van der Waals surface area contributed by atoms with Crippen LogP contribution in [0.2, 0.25) is 0 Å². The van der Waals surface area contributed by atoms with Crippen LogP contribution in [0.5, 0.6) is 0 Å². The van der Waals surface area contributed by atoms with Gasteiger partial charge in [-0.3, -0.25) is 0 Å². The van der Waals surface area contributed by atoms with E-state index >= 15 is 0 Å². The molecule has 2 aromatic rings. The molecule has 0 N–H and O–H groups in total. The van der Waals surface area contributed by atoms with Gasteiger partial charge in [0.2, 0.25) is 0 Å². The summed E-state index contributed by atoms with van der Waals surface area (Å²) < 4.78 is 20.6. The van der Waals surface area contributed by atoms with Gasteiger partial charge in [-0.1, -0.05) is 6.92 Å². The van der Waals surface area contributed by atoms with Crippen molar-refractivity contribution in [2.24, 2.45) is 5.92 Å². The average Bonchev–Trinajstić information content (AvgIpc) is 2.68. The van der Waals surface area contributed by atoms with Crippen LogP contribution in [0, 0.1) is 11.7 Å². The molecule has 1 aromatic heterocycles. The topological polar surface area (TPSA) is 27.1 Å². The number of ether oxygens (including phenoxy) is 1. The van der Waals surface area contributed by atoms with Crippen LogP contribution in [-0.4, -0.2) is 29.1 Å². The third kappa shape index (κ3) is 3.25. The Morgan fingerprint density at radius 2 is 2.26 bits per heavy atom. The Morgan fingerprint density at radius 1 is 1.47 bits per heavy atom. The molecule has 19 heavy (non-hydrogen) atoms. The summed E-state index contributed by atoms with van der Waals surface area (Å²) in [5, 5.41) is 0. The molecule has 1 heterocycles. The first-order chi connectivity index (χ1) is 9.15. The van der Waals surface area contributed by atoms with E-state index in [1.165, 1.54) is 12.1 Å². The number of benzene rings is 1. The lowest BCUT2D eigenvalue weighted by atomic mass is 10.2. The Balaban J connectivity index is 2.41. The van der Waals surface area contributed by atoms with Gasteiger partial charge in [-0.05, 0) is 24.1 Å². The molecule has 0 aliphatic carbocycles. The molecule has 0 saturated carbocycles. The number of hydrogen-bond acceptors (Lipinski definition) is 2. The summed E-state index contributed by atoms with van der Waals surface area (Å²) in [5.74, 6) is 1.49. The standard InChI is InChI=1S/C14H18ClFN2O/c1-10(9-19-2)8-18-13-7-11(16)3-4-12(13)17-14(18)5-6-15/h3-4,7,10H,5-6,8-9H2,1-2H3. The van der Waals surface area contributed by atoms with Gasteiger partial charge in [-0.2, -0.15) is 0 Å². The van der Waals surface area contributed by atoms with Crippen molar-refractivity contribution < 1.29 is 9.13 Å². The van der Waals surface area contributed by atoms with E-state index in [-0.39, 0.29) is 5.82 Å². The highest BCUT2D eigenvalue weighted by Crippen LogP contribution is 2.20. The normalized spacial score (nSPS) is 13.1. The van der Waals surface area contributed by atoms with E-state index in [1.54, 1.807) is 13.2 Å². The molecule has 0 aliphatic heterocycles. The van der Waals surface area contributed by atoms with Crippen LogP contribution in [0.1, 0.15) is 12.7 Å². The second-order valence-electron chi connectivity index (χ2n) is 4.77.